The average molecular weight is 457 g/mol. The van der Waals surface area contributed by atoms with Gasteiger partial charge in [0.15, 0.2) is 0 Å². The minimum atomic E-state index is -1.33. The van der Waals surface area contributed by atoms with Gasteiger partial charge in [-0.25, -0.2) is 4.79 Å². The first-order valence-corrected chi connectivity index (χ1v) is 13.1. The maximum atomic E-state index is 11.9. The van der Waals surface area contributed by atoms with Gasteiger partial charge in [0.1, 0.15) is 0 Å². The number of rotatable bonds is 19. The smallest absolute Gasteiger partial charge is 0.344 e. The number of ether oxygens (including phenoxy) is 1. The maximum Gasteiger partial charge on any atom is 0.344 e. The number of hydrogen-bond donors (Lipinski definition) is 2. The molecule has 0 atom stereocenters. The summed E-state index contributed by atoms with van der Waals surface area (Å²) in [5.74, 6) is -0.856. The predicted molar refractivity (Wildman–Crippen MR) is 136 cm³/mol. The molecule has 0 spiro atoms. The summed E-state index contributed by atoms with van der Waals surface area (Å²) < 4.78 is 5.84. The highest BCUT2D eigenvalue weighted by molar-refractivity contribution is 5.83. The van der Waals surface area contributed by atoms with Gasteiger partial charge < -0.3 is 14.9 Å². The van der Waals surface area contributed by atoms with E-state index in [1.165, 1.54) is 70.6 Å². The van der Waals surface area contributed by atoms with Crippen molar-refractivity contribution in [3.63, 3.8) is 0 Å². The molecule has 1 aromatic carbocycles. The Kier molecular flexibility index (Phi) is 13.8. The number of carboxylic acid groups (broad SMARTS) is 1. The Morgan fingerprint density at radius 2 is 1.18 bits per heavy atom. The normalized spacial score (nSPS) is 19.7. The fourth-order valence-corrected chi connectivity index (χ4v) is 4.39. The van der Waals surface area contributed by atoms with Gasteiger partial charge in [-0.1, -0.05) is 120 Å². The minimum Gasteiger partial charge on any atom is -0.479 e. The number of carbonyl (C=O) groups is 1. The van der Waals surface area contributed by atoms with Crippen LogP contribution in [0.1, 0.15) is 101 Å². The molecule has 4 nitrogen and oxygen atoms in total. The predicted octanol–water partition coefficient (Wildman–Crippen LogP) is 7.19. The summed E-state index contributed by atoms with van der Waals surface area (Å²) in [5, 5.41) is 18.5. The van der Waals surface area contributed by atoms with Gasteiger partial charge in [0.2, 0.25) is 5.60 Å². The first kappa shape index (κ1) is 27.3. The fourth-order valence-electron chi connectivity index (χ4n) is 4.39. The molecule has 33 heavy (non-hydrogen) atoms. The summed E-state index contributed by atoms with van der Waals surface area (Å²) in [5.41, 5.74) is -0.178. The third-order valence-electron chi connectivity index (χ3n) is 6.51. The second kappa shape index (κ2) is 16.7. The van der Waals surface area contributed by atoms with Gasteiger partial charge in [-0.05, 0) is 30.6 Å². The van der Waals surface area contributed by atoms with Crippen molar-refractivity contribution < 1.29 is 19.7 Å². The first-order valence-electron chi connectivity index (χ1n) is 13.1. The van der Waals surface area contributed by atoms with E-state index in [-0.39, 0.29) is 5.92 Å². The van der Waals surface area contributed by atoms with Gasteiger partial charge >= 0.3 is 5.97 Å². The summed E-state index contributed by atoms with van der Waals surface area (Å²) in [7, 11) is 0. The fraction of sp³-hybridized carbons (Fsp3) is 0.621. The zero-order valence-corrected chi connectivity index (χ0v) is 20.3. The minimum absolute atomic E-state index is 0.0964. The summed E-state index contributed by atoms with van der Waals surface area (Å²) in [6.45, 7) is 0.801. The summed E-state index contributed by atoms with van der Waals surface area (Å²) >= 11 is 0. The molecule has 0 fully saturated rings. The van der Waals surface area contributed by atoms with Crippen LogP contribution in [0.5, 0.6) is 0 Å². The van der Waals surface area contributed by atoms with Crippen molar-refractivity contribution in [2.45, 2.75) is 101 Å². The molecule has 0 amide bonds. The van der Waals surface area contributed by atoms with Gasteiger partial charge in [0.25, 0.3) is 0 Å². The van der Waals surface area contributed by atoms with E-state index < -0.39 is 11.6 Å². The van der Waals surface area contributed by atoms with Crippen molar-refractivity contribution in [3.05, 3.63) is 60.2 Å². The van der Waals surface area contributed by atoms with Crippen molar-refractivity contribution in [1.29, 1.82) is 0 Å². The molecule has 0 saturated carbocycles. The van der Waals surface area contributed by atoms with E-state index in [0.29, 0.717) is 13.2 Å². The lowest BCUT2D eigenvalue weighted by Crippen LogP contribution is -2.39. The van der Waals surface area contributed by atoms with Gasteiger partial charge in [0, 0.05) is 19.1 Å². The van der Waals surface area contributed by atoms with E-state index in [9.17, 15) is 9.90 Å². The van der Waals surface area contributed by atoms with Crippen LogP contribution in [0.25, 0.3) is 0 Å². The summed E-state index contributed by atoms with van der Waals surface area (Å²) in [6, 6.07) is 10.1. The lowest BCUT2D eigenvalue weighted by molar-refractivity contribution is -0.154. The molecule has 0 heterocycles. The Bertz CT molecular complexity index is 681. The van der Waals surface area contributed by atoms with Crippen LogP contribution in [0.3, 0.4) is 0 Å². The third kappa shape index (κ3) is 10.7. The van der Waals surface area contributed by atoms with Gasteiger partial charge in [0.05, 0.1) is 0 Å². The van der Waals surface area contributed by atoms with E-state index >= 15 is 0 Å². The lowest BCUT2D eigenvalue weighted by atomic mass is 9.88. The van der Waals surface area contributed by atoms with Crippen molar-refractivity contribution in [2.75, 3.05) is 13.2 Å². The molecular formula is C29H44O4. The maximum absolute atomic E-state index is 11.9. The second-order valence-corrected chi connectivity index (χ2v) is 9.27. The number of unbranched alkanes of at least 4 members (excludes halogenated alkanes) is 13. The monoisotopic (exact) mass is 456 g/mol. The number of aliphatic hydroxyl groups is 1. The molecule has 0 bridgehead atoms. The van der Waals surface area contributed by atoms with Crippen LogP contribution in [0.15, 0.2) is 54.6 Å². The number of hydrogen-bond acceptors (Lipinski definition) is 3. The first-order chi connectivity index (χ1) is 16.2. The second-order valence-electron chi connectivity index (χ2n) is 9.27. The summed E-state index contributed by atoms with van der Waals surface area (Å²) in [6.07, 6.45) is 24.4. The molecule has 2 N–H and O–H groups in total. The zero-order chi connectivity index (χ0) is 23.6. The molecule has 1 aliphatic rings. The van der Waals surface area contributed by atoms with Crippen LogP contribution >= 0.6 is 0 Å². The van der Waals surface area contributed by atoms with Crippen LogP contribution in [-0.4, -0.2) is 35.0 Å². The van der Waals surface area contributed by atoms with Gasteiger partial charge in [-0.15, -0.1) is 0 Å². The van der Waals surface area contributed by atoms with E-state index in [0.717, 1.165) is 24.8 Å². The molecule has 184 valence electrons. The molecule has 4 heteroatoms. The molecule has 1 aliphatic carbocycles. The molecule has 1 aromatic rings. The van der Waals surface area contributed by atoms with Crippen molar-refractivity contribution >= 4 is 5.97 Å². The number of allylic oxidation sites excluding steroid dienone is 2. The van der Waals surface area contributed by atoms with Gasteiger partial charge in [-0.2, -0.15) is 0 Å². The number of benzene rings is 1. The van der Waals surface area contributed by atoms with Crippen LogP contribution in [0, 0.1) is 0 Å². The topological polar surface area (TPSA) is 66.8 Å². The summed E-state index contributed by atoms with van der Waals surface area (Å²) in [4.78, 5) is 11.9. The van der Waals surface area contributed by atoms with Crippen molar-refractivity contribution in [1.82, 2.24) is 0 Å². The van der Waals surface area contributed by atoms with Gasteiger partial charge in [-0.3, -0.25) is 0 Å². The molecule has 0 radical (unpaired) electrons. The SMILES string of the molecule is O=C(O)C1(OCCCCCCCCCCCCCCCCO)C=CC(c2ccccc2)C=C1. The Morgan fingerprint density at radius 3 is 1.64 bits per heavy atom. The van der Waals surface area contributed by atoms with E-state index in [2.05, 4.69) is 12.1 Å². The standard InChI is InChI=1S/C29H44O4/c30-24-16-11-9-7-5-3-1-2-4-6-8-10-12-17-25-33-29(28(31)32)22-20-27(21-23-29)26-18-14-13-15-19-26/h13-15,18-23,27,30H,1-12,16-17,24-25H2,(H,31,32). The number of carboxylic acids is 1. The number of aliphatic carboxylic acids is 1. The highest BCUT2D eigenvalue weighted by atomic mass is 16.5. The Morgan fingerprint density at radius 1 is 0.727 bits per heavy atom. The van der Waals surface area contributed by atoms with Crippen LogP contribution in [0.4, 0.5) is 0 Å². The molecule has 0 aromatic heterocycles. The quantitative estimate of drug-likeness (QED) is 0.171. The molecule has 2 rings (SSSR count). The average Bonchev–Trinajstić information content (AvgIpc) is 2.84. The third-order valence-corrected chi connectivity index (χ3v) is 6.51. The van der Waals surface area contributed by atoms with E-state index in [4.69, 9.17) is 9.84 Å². The molecule has 0 aliphatic heterocycles. The largest absolute Gasteiger partial charge is 0.479 e. The van der Waals surface area contributed by atoms with Crippen molar-refractivity contribution in [2.24, 2.45) is 0 Å². The lowest BCUT2D eigenvalue weighted by Gasteiger charge is -2.27. The molecule has 0 unspecified atom stereocenters. The Balaban J connectivity index is 1.49. The van der Waals surface area contributed by atoms with Crippen LogP contribution in [-0.2, 0) is 9.53 Å². The number of aliphatic hydroxyl groups excluding tert-OH is 1. The van der Waals surface area contributed by atoms with Crippen LogP contribution < -0.4 is 0 Å². The van der Waals surface area contributed by atoms with Crippen molar-refractivity contribution in [3.8, 4) is 0 Å². The zero-order valence-electron chi connectivity index (χ0n) is 20.3. The van der Waals surface area contributed by atoms with E-state index in [1.807, 2.05) is 30.4 Å². The Labute approximate surface area is 200 Å². The van der Waals surface area contributed by atoms with Crippen LogP contribution in [0.2, 0.25) is 0 Å². The highest BCUT2D eigenvalue weighted by Crippen LogP contribution is 2.29. The highest BCUT2D eigenvalue weighted by Gasteiger charge is 2.36. The molecule has 0 saturated heterocycles. The van der Waals surface area contributed by atoms with E-state index in [1.54, 1.807) is 12.2 Å². The molecular weight excluding hydrogens is 412 g/mol. The Hall–Kier alpha value is -1.91.